The highest BCUT2D eigenvalue weighted by Crippen LogP contribution is 2.20. The number of nitrogens with one attached hydrogen (secondary N) is 3. The number of sulfonamides is 1. The standard InChI is InChI=1S/C22H19FN4O3S/c1-24-31(29,30)17-9-6-14(7-10-17)22(28)25-16-8-11-19-20(13-16)27-21(26-19)12-15-4-2-3-5-18(15)23/h2-11,13,24H,12H2,1H3,(H,25,28)(H,26,27). The summed E-state index contributed by atoms with van der Waals surface area (Å²) in [4.78, 5) is 20.2. The monoisotopic (exact) mass is 438 g/mol. The van der Waals surface area contributed by atoms with Gasteiger partial charge in [0.25, 0.3) is 5.91 Å². The van der Waals surface area contributed by atoms with Gasteiger partial charge in [0, 0.05) is 17.7 Å². The van der Waals surface area contributed by atoms with Gasteiger partial charge >= 0.3 is 0 Å². The second-order valence-corrected chi connectivity index (χ2v) is 8.76. The molecule has 0 atom stereocenters. The number of carbonyl (C=O) groups is 1. The highest BCUT2D eigenvalue weighted by molar-refractivity contribution is 7.89. The molecular formula is C22H19FN4O3S. The van der Waals surface area contributed by atoms with Crippen molar-refractivity contribution in [1.82, 2.24) is 14.7 Å². The molecule has 0 bridgehead atoms. The predicted molar refractivity (Wildman–Crippen MR) is 116 cm³/mol. The highest BCUT2D eigenvalue weighted by Gasteiger charge is 2.13. The van der Waals surface area contributed by atoms with E-state index in [-0.39, 0.29) is 16.6 Å². The summed E-state index contributed by atoms with van der Waals surface area (Å²) in [5.41, 5.74) is 2.81. The molecule has 0 spiro atoms. The van der Waals surface area contributed by atoms with Gasteiger partial charge in [-0.2, -0.15) is 0 Å². The third kappa shape index (κ3) is 4.47. The Labute approximate surface area is 178 Å². The Balaban J connectivity index is 1.51. The number of H-pyrrole nitrogens is 1. The van der Waals surface area contributed by atoms with Crippen LogP contribution in [0.3, 0.4) is 0 Å². The van der Waals surface area contributed by atoms with Crippen molar-refractivity contribution in [3.8, 4) is 0 Å². The van der Waals surface area contributed by atoms with Gasteiger partial charge in [-0.15, -0.1) is 0 Å². The fourth-order valence-corrected chi connectivity index (χ4v) is 3.88. The van der Waals surface area contributed by atoms with Crippen LogP contribution in [-0.2, 0) is 16.4 Å². The van der Waals surface area contributed by atoms with Crippen molar-refractivity contribution >= 4 is 32.7 Å². The van der Waals surface area contributed by atoms with Crippen LogP contribution in [0.25, 0.3) is 11.0 Å². The smallest absolute Gasteiger partial charge is 0.255 e. The molecule has 0 aliphatic carbocycles. The Morgan fingerprint density at radius 2 is 1.81 bits per heavy atom. The number of fused-ring (bicyclic) bond motifs is 1. The highest BCUT2D eigenvalue weighted by atomic mass is 32.2. The molecule has 0 saturated carbocycles. The number of amides is 1. The van der Waals surface area contributed by atoms with Gasteiger partial charge in [-0.25, -0.2) is 22.5 Å². The summed E-state index contributed by atoms with van der Waals surface area (Å²) in [6.07, 6.45) is 0.324. The first kappa shape index (κ1) is 20.7. The number of carbonyl (C=O) groups excluding carboxylic acids is 1. The van der Waals surface area contributed by atoms with Crippen molar-refractivity contribution in [2.45, 2.75) is 11.3 Å². The first-order valence-corrected chi connectivity index (χ1v) is 10.9. The topological polar surface area (TPSA) is 104 Å². The van der Waals surface area contributed by atoms with Gasteiger partial charge in [0.1, 0.15) is 11.6 Å². The molecule has 1 amide bonds. The fourth-order valence-electron chi connectivity index (χ4n) is 3.15. The number of anilines is 1. The normalized spacial score (nSPS) is 11.5. The number of aromatic nitrogens is 2. The number of rotatable bonds is 6. The van der Waals surface area contributed by atoms with E-state index in [4.69, 9.17) is 0 Å². The SMILES string of the molecule is CNS(=O)(=O)c1ccc(C(=O)Nc2ccc3nc(Cc4ccccc4F)[nH]c3c2)cc1. The summed E-state index contributed by atoms with van der Waals surface area (Å²) in [7, 11) is -2.24. The molecule has 158 valence electrons. The maximum atomic E-state index is 13.9. The fraction of sp³-hybridized carbons (Fsp3) is 0.0909. The van der Waals surface area contributed by atoms with Gasteiger partial charge in [-0.05, 0) is 61.1 Å². The minimum atomic E-state index is -3.56. The molecule has 0 fully saturated rings. The molecule has 4 aromatic rings. The Morgan fingerprint density at radius 3 is 2.52 bits per heavy atom. The van der Waals surface area contributed by atoms with Crippen molar-refractivity contribution in [2.75, 3.05) is 12.4 Å². The van der Waals surface area contributed by atoms with E-state index in [0.717, 1.165) is 0 Å². The van der Waals surface area contributed by atoms with E-state index in [1.165, 1.54) is 37.4 Å². The lowest BCUT2D eigenvalue weighted by Gasteiger charge is -2.07. The lowest BCUT2D eigenvalue weighted by atomic mass is 10.1. The molecule has 3 N–H and O–H groups in total. The number of imidazole rings is 1. The largest absolute Gasteiger partial charge is 0.342 e. The van der Waals surface area contributed by atoms with E-state index < -0.39 is 10.0 Å². The Morgan fingerprint density at radius 1 is 1.06 bits per heavy atom. The van der Waals surface area contributed by atoms with E-state index in [1.54, 1.807) is 36.4 Å². The third-order valence-electron chi connectivity index (χ3n) is 4.80. The lowest BCUT2D eigenvalue weighted by molar-refractivity contribution is 0.102. The first-order valence-electron chi connectivity index (χ1n) is 9.43. The average molecular weight is 438 g/mol. The molecule has 3 aromatic carbocycles. The molecule has 0 aliphatic rings. The van der Waals surface area contributed by atoms with Crippen LogP contribution in [0.5, 0.6) is 0 Å². The third-order valence-corrected chi connectivity index (χ3v) is 6.23. The summed E-state index contributed by atoms with van der Waals surface area (Å²) in [6, 6.07) is 17.4. The number of benzene rings is 3. The van der Waals surface area contributed by atoms with Crippen LogP contribution in [0.1, 0.15) is 21.7 Å². The van der Waals surface area contributed by atoms with Gasteiger partial charge in [0.2, 0.25) is 10.0 Å². The van der Waals surface area contributed by atoms with E-state index in [9.17, 15) is 17.6 Å². The zero-order chi connectivity index (χ0) is 22.0. The minimum absolute atomic E-state index is 0.0767. The summed E-state index contributed by atoms with van der Waals surface area (Å²) in [6.45, 7) is 0. The van der Waals surface area contributed by atoms with Gasteiger partial charge in [0.15, 0.2) is 0 Å². The molecule has 31 heavy (non-hydrogen) atoms. The molecule has 0 radical (unpaired) electrons. The Kier molecular flexibility index (Phi) is 5.53. The lowest BCUT2D eigenvalue weighted by Crippen LogP contribution is -2.19. The molecule has 9 heteroatoms. The molecule has 0 saturated heterocycles. The van der Waals surface area contributed by atoms with E-state index in [1.807, 2.05) is 0 Å². The second kappa shape index (κ2) is 8.29. The van der Waals surface area contributed by atoms with Gasteiger partial charge < -0.3 is 10.3 Å². The molecule has 0 unspecified atom stereocenters. The predicted octanol–water partition coefficient (Wildman–Crippen LogP) is 3.45. The van der Waals surface area contributed by atoms with E-state index in [0.29, 0.717) is 40.1 Å². The first-order chi connectivity index (χ1) is 14.9. The van der Waals surface area contributed by atoms with Crippen molar-refractivity contribution in [3.05, 3.63) is 89.5 Å². The second-order valence-electron chi connectivity index (χ2n) is 6.87. The van der Waals surface area contributed by atoms with Gasteiger partial charge in [-0.1, -0.05) is 18.2 Å². The van der Waals surface area contributed by atoms with Crippen molar-refractivity contribution in [3.63, 3.8) is 0 Å². The van der Waals surface area contributed by atoms with E-state index >= 15 is 0 Å². The Bertz CT molecular complexity index is 1370. The van der Waals surface area contributed by atoms with Crippen LogP contribution in [0.4, 0.5) is 10.1 Å². The number of hydrogen-bond donors (Lipinski definition) is 3. The van der Waals surface area contributed by atoms with Crippen LogP contribution in [0.2, 0.25) is 0 Å². The maximum absolute atomic E-state index is 13.9. The van der Waals surface area contributed by atoms with E-state index in [2.05, 4.69) is 20.0 Å². The summed E-state index contributed by atoms with van der Waals surface area (Å²) in [5, 5.41) is 2.78. The van der Waals surface area contributed by atoms with Crippen molar-refractivity contribution in [1.29, 1.82) is 0 Å². The van der Waals surface area contributed by atoms with Crippen LogP contribution < -0.4 is 10.0 Å². The summed E-state index contributed by atoms with van der Waals surface area (Å²) >= 11 is 0. The molecule has 1 heterocycles. The van der Waals surface area contributed by atoms with Crippen LogP contribution in [0, 0.1) is 5.82 Å². The van der Waals surface area contributed by atoms with Gasteiger partial charge in [0.05, 0.1) is 15.9 Å². The zero-order valence-electron chi connectivity index (χ0n) is 16.5. The summed E-state index contributed by atoms with van der Waals surface area (Å²) < 4.78 is 39.7. The molecule has 1 aromatic heterocycles. The number of aromatic amines is 1. The molecule has 7 nitrogen and oxygen atoms in total. The van der Waals surface area contributed by atoms with Crippen LogP contribution in [0.15, 0.2) is 71.6 Å². The van der Waals surface area contributed by atoms with Crippen LogP contribution in [-0.4, -0.2) is 31.3 Å². The number of halogens is 1. The van der Waals surface area contributed by atoms with Crippen molar-refractivity contribution < 1.29 is 17.6 Å². The minimum Gasteiger partial charge on any atom is -0.342 e. The number of nitrogens with zero attached hydrogens (tertiary/aromatic N) is 1. The Hall–Kier alpha value is -3.56. The number of hydrogen-bond acceptors (Lipinski definition) is 4. The summed E-state index contributed by atoms with van der Waals surface area (Å²) in [5.74, 6) is -0.0480. The molecule has 0 aliphatic heterocycles. The van der Waals surface area contributed by atoms with Gasteiger partial charge in [-0.3, -0.25) is 4.79 Å². The maximum Gasteiger partial charge on any atom is 0.255 e. The average Bonchev–Trinajstić information content (AvgIpc) is 3.17. The zero-order valence-corrected chi connectivity index (χ0v) is 17.3. The van der Waals surface area contributed by atoms with Crippen LogP contribution >= 0.6 is 0 Å². The molecule has 4 rings (SSSR count). The quantitative estimate of drug-likeness (QED) is 0.429. The van der Waals surface area contributed by atoms with Crippen molar-refractivity contribution in [2.24, 2.45) is 0 Å². The molecular weight excluding hydrogens is 419 g/mol.